The van der Waals surface area contributed by atoms with Crippen LogP contribution in [0.15, 0.2) is 23.3 Å². The molecule has 1 aliphatic rings. The molecule has 0 bridgehead atoms. The molecule has 0 radical (unpaired) electrons. The van der Waals surface area contributed by atoms with Crippen molar-refractivity contribution >= 4 is 11.9 Å². The van der Waals surface area contributed by atoms with Crippen molar-refractivity contribution in [3.8, 4) is 5.88 Å². The number of ether oxygens (including phenoxy) is 1. The van der Waals surface area contributed by atoms with Gasteiger partial charge in [-0.2, -0.15) is 13.2 Å². The SMILES string of the molecule is CCNC(=NCCCN1CCCCCC1=O)NCCOc1ncccc1C(F)(F)F. The number of carbonyl (C=O) groups is 1. The minimum Gasteiger partial charge on any atom is -0.475 e. The number of carbonyl (C=O) groups excluding carboxylic acids is 1. The Morgan fingerprint density at radius 3 is 2.90 bits per heavy atom. The zero-order chi connectivity index (χ0) is 21.8. The van der Waals surface area contributed by atoms with Crippen LogP contribution in [0, 0.1) is 0 Å². The number of hydrogen-bond acceptors (Lipinski definition) is 4. The van der Waals surface area contributed by atoms with Crippen molar-refractivity contribution in [3.63, 3.8) is 0 Å². The zero-order valence-corrected chi connectivity index (χ0v) is 17.3. The molecule has 0 spiro atoms. The molecule has 168 valence electrons. The Kier molecular flexibility index (Phi) is 9.69. The molecule has 1 aliphatic heterocycles. The van der Waals surface area contributed by atoms with Gasteiger partial charge >= 0.3 is 6.18 Å². The van der Waals surface area contributed by atoms with E-state index in [1.165, 1.54) is 12.3 Å². The molecule has 2 rings (SSSR count). The van der Waals surface area contributed by atoms with Gasteiger partial charge in [0.15, 0.2) is 5.96 Å². The fourth-order valence-corrected chi connectivity index (χ4v) is 3.11. The van der Waals surface area contributed by atoms with Gasteiger partial charge in [-0.25, -0.2) is 4.98 Å². The van der Waals surface area contributed by atoms with Crippen LogP contribution >= 0.6 is 0 Å². The Labute approximate surface area is 175 Å². The summed E-state index contributed by atoms with van der Waals surface area (Å²) in [5.41, 5.74) is -0.895. The number of hydrogen-bond donors (Lipinski definition) is 2. The highest BCUT2D eigenvalue weighted by Gasteiger charge is 2.35. The second-order valence-electron chi connectivity index (χ2n) is 6.93. The minimum atomic E-state index is -4.51. The molecule has 1 saturated heterocycles. The van der Waals surface area contributed by atoms with Crippen LogP contribution < -0.4 is 15.4 Å². The average Bonchev–Trinajstić information content (AvgIpc) is 2.92. The van der Waals surface area contributed by atoms with Crippen LogP contribution in [-0.2, 0) is 11.0 Å². The molecule has 1 amide bonds. The molecule has 1 aromatic rings. The number of guanidine groups is 1. The molecular weight excluding hydrogens is 399 g/mol. The van der Waals surface area contributed by atoms with E-state index in [1.54, 1.807) is 0 Å². The van der Waals surface area contributed by atoms with Gasteiger partial charge in [0.2, 0.25) is 11.8 Å². The smallest absolute Gasteiger partial charge is 0.421 e. The number of likely N-dealkylation sites (tertiary alicyclic amines) is 1. The molecule has 1 fully saturated rings. The van der Waals surface area contributed by atoms with Crippen molar-refractivity contribution < 1.29 is 22.7 Å². The van der Waals surface area contributed by atoms with Crippen LogP contribution in [0.1, 0.15) is 44.6 Å². The summed E-state index contributed by atoms with van der Waals surface area (Å²) in [5.74, 6) is 0.336. The number of nitrogens with zero attached hydrogens (tertiary/aromatic N) is 3. The normalized spacial score (nSPS) is 15.7. The predicted octanol–water partition coefficient (Wildman–Crippen LogP) is 2.83. The summed E-state index contributed by atoms with van der Waals surface area (Å²) in [6, 6.07) is 2.17. The van der Waals surface area contributed by atoms with E-state index >= 15 is 0 Å². The molecule has 30 heavy (non-hydrogen) atoms. The summed E-state index contributed by atoms with van der Waals surface area (Å²) < 4.78 is 44.1. The second kappa shape index (κ2) is 12.2. The number of rotatable bonds is 9. The number of halogens is 3. The van der Waals surface area contributed by atoms with E-state index in [9.17, 15) is 18.0 Å². The first-order valence-electron chi connectivity index (χ1n) is 10.4. The van der Waals surface area contributed by atoms with Gasteiger partial charge in [-0.1, -0.05) is 6.42 Å². The Balaban J connectivity index is 1.75. The molecule has 10 heteroatoms. The highest BCUT2D eigenvalue weighted by atomic mass is 19.4. The van der Waals surface area contributed by atoms with Crippen molar-refractivity contribution in [2.75, 3.05) is 39.3 Å². The lowest BCUT2D eigenvalue weighted by Crippen LogP contribution is -2.39. The number of amides is 1. The van der Waals surface area contributed by atoms with Gasteiger partial charge in [0, 0.05) is 38.8 Å². The zero-order valence-electron chi connectivity index (χ0n) is 17.3. The van der Waals surface area contributed by atoms with E-state index in [2.05, 4.69) is 20.6 Å². The summed E-state index contributed by atoms with van der Waals surface area (Å²) in [6.07, 6.45) is 1.24. The fraction of sp³-hybridized carbons (Fsp3) is 0.650. The highest BCUT2D eigenvalue weighted by molar-refractivity contribution is 5.79. The first-order valence-corrected chi connectivity index (χ1v) is 10.4. The van der Waals surface area contributed by atoms with E-state index in [4.69, 9.17) is 4.74 Å². The third kappa shape index (κ3) is 8.08. The third-order valence-electron chi connectivity index (χ3n) is 4.58. The van der Waals surface area contributed by atoms with Crippen LogP contribution in [0.2, 0.25) is 0 Å². The highest BCUT2D eigenvalue weighted by Crippen LogP contribution is 2.34. The van der Waals surface area contributed by atoms with Crippen molar-refractivity contribution in [1.29, 1.82) is 0 Å². The van der Waals surface area contributed by atoms with E-state index in [-0.39, 0.29) is 19.1 Å². The van der Waals surface area contributed by atoms with Gasteiger partial charge in [0.1, 0.15) is 12.2 Å². The van der Waals surface area contributed by atoms with Crippen molar-refractivity contribution in [3.05, 3.63) is 23.9 Å². The largest absolute Gasteiger partial charge is 0.475 e. The van der Waals surface area contributed by atoms with Gasteiger partial charge in [-0.3, -0.25) is 9.79 Å². The molecule has 0 unspecified atom stereocenters. The Morgan fingerprint density at radius 1 is 1.30 bits per heavy atom. The Morgan fingerprint density at radius 2 is 2.13 bits per heavy atom. The van der Waals surface area contributed by atoms with E-state index < -0.39 is 17.6 Å². The summed E-state index contributed by atoms with van der Waals surface area (Å²) in [5, 5.41) is 6.11. The van der Waals surface area contributed by atoms with Crippen LogP contribution in [0.4, 0.5) is 13.2 Å². The lowest BCUT2D eigenvalue weighted by molar-refractivity contribution is -0.139. The number of aromatic nitrogens is 1. The van der Waals surface area contributed by atoms with Crippen LogP contribution in [0.25, 0.3) is 0 Å². The quantitative estimate of drug-likeness (QED) is 0.359. The standard InChI is InChI=1S/C20H30F3N5O2/c1-2-24-19(26-11-7-14-28-13-5-3-4-9-17(28)29)27-12-15-30-18-16(20(21,22)23)8-6-10-25-18/h6,8,10H,2-5,7,9,11-15H2,1H3,(H2,24,26,27). The maximum atomic E-state index is 13.0. The van der Waals surface area contributed by atoms with Crippen LogP contribution in [0.3, 0.4) is 0 Å². The first kappa shape index (κ1) is 23.8. The minimum absolute atomic E-state index is 0.00673. The monoisotopic (exact) mass is 429 g/mol. The van der Waals surface area contributed by atoms with Gasteiger partial charge in [-0.15, -0.1) is 0 Å². The van der Waals surface area contributed by atoms with Gasteiger partial charge < -0.3 is 20.3 Å². The molecule has 1 aromatic heterocycles. The summed E-state index contributed by atoms with van der Waals surface area (Å²) in [6.45, 7) is 4.88. The number of alkyl halides is 3. The summed E-state index contributed by atoms with van der Waals surface area (Å²) >= 11 is 0. The predicted molar refractivity (Wildman–Crippen MR) is 108 cm³/mol. The second-order valence-corrected chi connectivity index (χ2v) is 6.93. The molecular formula is C20H30F3N5O2. The Hall–Kier alpha value is -2.52. The van der Waals surface area contributed by atoms with Crippen LogP contribution in [-0.4, -0.2) is 61.1 Å². The maximum Gasteiger partial charge on any atom is 0.421 e. The van der Waals surface area contributed by atoms with E-state index in [1.807, 2.05) is 11.8 Å². The maximum absolute atomic E-state index is 13.0. The van der Waals surface area contributed by atoms with Crippen LogP contribution in [0.5, 0.6) is 5.88 Å². The van der Waals surface area contributed by atoms with Crippen molar-refractivity contribution in [2.24, 2.45) is 4.99 Å². The van der Waals surface area contributed by atoms with Crippen molar-refractivity contribution in [1.82, 2.24) is 20.5 Å². The Bertz CT molecular complexity index is 697. The fourth-order valence-electron chi connectivity index (χ4n) is 3.11. The molecule has 0 saturated carbocycles. The lowest BCUT2D eigenvalue weighted by atomic mass is 10.2. The number of aliphatic imine (C=N–C) groups is 1. The van der Waals surface area contributed by atoms with E-state index in [0.717, 1.165) is 38.3 Å². The molecule has 2 heterocycles. The molecule has 2 N–H and O–H groups in total. The van der Waals surface area contributed by atoms with E-state index in [0.29, 0.717) is 32.0 Å². The third-order valence-corrected chi connectivity index (χ3v) is 4.58. The van der Waals surface area contributed by atoms with Gasteiger partial charge in [-0.05, 0) is 38.3 Å². The molecule has 7 nitrogen and oxygen atoms in total. The summed E-state index contributed by atoms with van der Waals surface area (Å²) in [4.78, 5) is 22.0. The molecule has 0 aliphatic carbocycles. The first-order chi connectivity index (χ1) is 14.4. The molecule has 0 aromatic carbocycles. The topological polar surface area (TPSA) is 78.9 Å². The van der Waals surface area contributed by atoms with Gasteiger partial charge in [0.05, 0.1) is 6.54 Å². The number of pyridine rings is 1. The molecule has 0 atom stereocenters. The van der Waals surface area contributed by atoms with Crippen molar-refractivity contribution in [2.45, 2.75) is 45.2 Å². The number of nitrogens with one attached hydrogen (secondary N) is 2. The average molecular weight is 429 g/mol. The lowest BCUT2D eigenvalue weighted by Gasteiger charge is -2.20. The van der Waals surface area contributed by atoms with Gasteiger partial charge in [0.25, 0.3) is 0 Å². The summed E-state index contributed by atoms with van der Waals surface area (Å²) in [7, 11) is 0.